The van der Waals surface area contributed by atoms with E-state index in [1.807, 2.05) is 0 Å². The van der Waals surface area contributed by atoms with Gasteiger partial charge in [0.1, 0.15) is 0 Å². The van der Waals surface area contributed by atoms with Crippen LogP contribution in [0.3, 0.4) is 0 Å². The minimum absolute atomic E-state index is 0.00430. The molecule has 5 N–H and O–H groups in total. The lowest BCUT2D eigenvalue weighted by Gasteiger charge is -2.03. The molecule has 0 aliphatic heterocycles. The molecule has 0 aliphatic rings. The third-order valence-corrected chi connectivity index (χ3v) is 1.41. The average molecular weight is 188 g/mol. The lowest BCUT2D eigenvalue weighted by atomic mass is 10.4. The fourth-order valence-corrected chi connectivity index (χ4v) is 0.726. The number of amides is 3. The first-order valence-electron chi connectivity index (χ1n) is 4.11. The number of primary amides is 1. The molecular formula is C7H16N4O2. The van der Waals surface area contributed by atoms with Crippen LogP contribution in [0.5, 0.6) is 0 Å². The van der Waals surface area contributed by atoms with Gasteiger partial charge in [0.25, 0.3) is 0 Å². The van der Waals surface area contributed by atoms with Gasteiger partial charge in [-0.2, -0.15) is 0 Å². The van der Waals surface area contributed by atoms with Crippen LogP contribution >= 0.6 is 0 Å². The van der Waals surface area contributed by atoms with Gasteiger partial charge in [-0.3, -0.25) is 4.79 Å². The molecule has 0 radical (unpaired) electrons. The summed E-state index contributed by atoms with van der Waals surface area (Å²) in [5, 5.41) is 7.90. The van der Waals surface area contributed by atoms with Gasteiger partial charge in [0, 0.05) is 33.1 Å². The van der Waals surface area contributed by atoms with Crippen molar-refractivity contribution < 1.29 is 9.59 Å². The van der Waals surface area contributed by atoms with E-state index >= 15 is 0 Å². The maximum atomic E-state index is 10.7. The second kappa shape index (κ2) is 7.35. The van der Waals surface area contributed by atoms with Crippen LogP contribution in [-0.2, 0) is 4.79 Å². The third-order valence-electron chi connectivity index (χ3n) is 1.41. The highest BCUT2D eigenvalue weighted by atomic mass is 16.2. The molecule has 0 unspecified atom stereocenters. The van der Waals surface area contributed by atoms with Crippen LogP contribution in [0, 0.1) is 0 Å². The lowest BCUT2D eigenvalue weighted by Crippen LogP contribution is -2.36. The van der Waals surface area contributed by atoms with Crippen molar-refractivity contribution in [1.29, 1.82) is 0 Å². The fraction of sp³-hybridized carbons (Fsp3) is 0.714. The Kier molecular flexibility index (Phi) is 6.62. The Balaban J connectivity index is 3.08. The first kappa shape index (κ1) is 11.7. The zero-order valence-electron chi connectivity index (χ0n) is 7.72. The van der Waals surface area contributed by atoms with E-state index in [2.05, 4.69) is 16.0 Å². The fourth-order valence-electron chi connectivity index (χ4n) is 0.726. The van der Waals surface area contributed by atoms with Gasteiger partial charge in [-0.25, -0.2) is 4.79 Å². The van der Waals surface area contributed by atoms with Gasteiger partial charge >= 0.3 is 6.03 Å². The van der Waals surface area contributed by atoms with Crippen LogP contribution in [0.25, 0.3) is 0 Å². The summed E-state index contributed by atoms with van der Waals surface area (Å²) in [6, 6.07) is -0.534. The van der Waals surface area contributed by atoms with Gasteiger partial charge in [0.2, 0.25) is 5.91 Å². The van der Waals surface area contributed by atoms with Crippen LogP contribution in [0.1, 0.15) is 6.42 Å². The van der Waals surface area contributed by atoms with E-state index in [-0.39, 0.29) is 5.91 Å². The number of carbonyl (C=O) groups excluding carboxylic acids is 2. The molecule has 0 aromatic carbocycles. The first-order valence-corrected chi connectivity index (χ1v) is 4.11. The zero-order chi connectivity index (χ0) is 10.1. The van der Waals surface area contributed by atoms with Gasteiger partial charge in [-0.1, -0.05) is 0 Å². The second-order valence-electron chi connectivity index (χ2n) is 2.46. The summed E-state index contributed by atoms with van der Waals surface area (Å²) in [5.41, 5.74) is 4.84. The number of rotatable bonds is 6. The van der Waals surface area contributed by atoms with Crippen molar-refractivity contribution in [2.24, 2.45) is 5.73 Å². The van der Waals surface area contributed by atoms with Crippen LogP contribution in [0.2, 0.25) is 0 Å². The molecule has 0 fully saturated rings. The van der Waals surface area contributed by atoms with E-state index in [0.29, 0.717) is 26.1 Å². The molecule has 0 heterocycles. The van der Waals surface area contributed by atoms with Crippen molar-refractivity contribution in [3.8, 4) is 0 Å². The van der Waals surface area contributed by atoms with Crippen molar-refractivity contribution in [2.45, 2.75) is 6.42 Å². The molecule has 13 heavy (non-hydrogen) atoms. The average Bonchev–Trinajstić information content (AvgIpc) is 2.10. The molecule has 0 rings (SSSR count). The largest absolute Gasteiger partial charge is 0.359 e. The molecule has 0 saturated heterocycles. The molecule has 0 aromatic rings. The molecular weight excluding hydrogens is 172 g/mol. The van der Waals surface area contributed by atoms with Gasteiger partial charge < -0.3 is 21.7 Å². The normalized spacial score (nSPS) is 9.31. The first-order chi connectivity index (χ1) is 6.16. The summed E-state index contributed by atoms with van der Waals surface area (Å²) in [7, 11) is 1.59. The predicted molar refractivity (Wildman–Crippen MR) is 49.1 cm³/mol. The summed E-state index contributed by atoms with van der Waals surface area (Å²) in [6.45, 7) is 1.68. The van der Waals surface area contributed by atoms with E-state index in [1.165, 1.54) is 0 Å². The second-order valence-corrected chi connectivity index (χ2v) is 2.46. The quantitative estimate of drug-likeness (QED) is 0.377. The van der Waals surface area contributed by atoms with E-state index in [1.54, 1.807) is 7.05 Å². The molecule has 6 heteroatoms. The molecule has 0 saturated carbocycles. The van der Waals surface area contributed by atoms with Gasteiger partial charge in [0.15, 0.2) is 0 Å². The van der Waals surface area contributed by atoms with Crippen molar-refractivity contribution in [3.63, 3.8) is 0 Å². The zero-order valence-corrected chi connectivity index (χ0v) is 7.72. The summed E-state index contributed by atoms with van der Waals surface area (Å²) in [6.07, 6.45) is 0.438. The number of hydrogen-bond acceptors (Lipinski definition) is 3. The molecule has 6 nitrogen and oxygen atoms in total. The maximum absolute atomic E-state index is 10.7. The molecule has 3 amide bonds. The van der Waals surface area contributed by atoms with E-state index < -0.39 is 6.03 Å². The highest BCUT2D eigenvalue weighted by Gasteiger charge is 1.96. The van der Waals surface area contributed by atoms with Crippen LogP contribution < -0.4 is 21.7 Å². The Morgan fingerprint density at radius 2 is 1.92 bits per heavy atom. The molecule has 0 aliphatic carbocycles. The Bertz CT molecular complexity index is 172. The Morgan fingerprint density at radius 1 is 1.23 bits per heavy atom. The lowest BCUT2D eigenvalue weighted by molar-refractivity contribution is -0.120. The monoisotopic (exact) mass is 188 g/mol. The van der Waals surface area contributed by atoms with Gasteiger partial charge in [0.05, 0.1) is 0 Å². The van der Waals surface area contributed by atoms with Crippen LogP contribution in [0.15, 0.2) is 0 Å². The smallest absolute Gasteiger partial charge is 0.312 e. The minimum Gasteiger partial charge on any atom is -0.359 e. The Hall–Kier alpha value is -1.30. The van der Waals surface area contributed by atoms with Crippen molar-refractivity contribution in [2.75, 3.05) is 26.7 Å². The molecule has 0 spiro atoms. The van der Waals surface area contributed by atoms with E-state index in [0.717, 1.165) is 0 Å². The standard InChI is InChI=1S/C7H16N4O2/c1-9-6(12)2-3-10-4-5-11-7(8)13/h10H,2-5H2,1H3,(H,9,12)(H3,8,11,13). The summed E-state index contributed by atoms with van der Waals surface area (Å²) >= 11 is 0. The van der Waals surface area contributed by atoms with Crippen molar-refractivity contribution in [3.05, 3.63) is 0 Å². The number of nitrogens with two attached hydrogens (primary N) is 1. The highest BCUT2D eigenvalue weighted by molar-refractivity contribution is 5.75. The van der Waals surface area contributed by atoms with Gasteiger partial charge in [-0.05, 0) is 0 Å². The van der Waals surface area contributed by atoms with Crippen LogP contribution in [-0.4, -0.2) is 38.6 Å². The predicted octanol–water partition coefficient (Wildman–Crippen LogP) is -1.62. The maximum Gasteiger partial charge on any atom is 0.312 e. The molecule has 0 aromatic heterocycles. The number of carbonyl (C=O) groups is 2. The van der Waals surface area contributed by atoms with Gasteiger partial charge in [-0.15, -0.1) is 0 Å². The molecule has 0 atom stereocenters. The number of urea groups is 1. The number of hydrogen-bond donors (Lipinski definition) is 4. The number of nitrogens with one attached hydrogen (secondary N) is 3. The van der Waals surface area contributed by atoms with Crippen molar-refractivity contribution >= 4 is 11.9 Å². The van der Waals surface area contributed by atoms with Crippen molar-refractivity contribution in [1.82, 2.24) is 16.0 Å². The summed E-state index contributed by atoms with van der Waals surface area (Å²) in [4.78, 5) is 20.9. The SMILES string of the molecule is CNC(=O)CCNCCNC(N)=O. The van der Waals surface area contributed by atoms with E-state index in [9.17, 15) is 9.59 Å². The molecule has 76 valence electrons. The van der Waals surface area contributed by atoms with E-state index in [4.69, 9.17) is 5.73 Å². The summed E-state index contributed by atoms with van der Waals surface area (Å²) < 4.78 is 0. The Morgan fingerprint density at radius 3 is 2.46 bits per heavy atom. The summed E-state index contributed by atoms with van der Waals surface area (Å²) in [5.74, 6) is -0.00430. The Labute approximate surface area is 77.2 Å². The third kappa shape index (κ3) is 8.61. The van der Waals surface area contributed by atoms with Crippen LogP contribution in [0.4, 0.5) is 4.79 Å². The highest BCUT2D eigenvalue weighted by Crippen LogP contribution is 1.74. The topological polar surface area (TPSA) is 96.2 Å². The molecule has 0 bridgehead atoms. The minimum atomic E-state index is -0.534.